The van der Waals surface area contributed by atoms with Crippen LogP contribution in [0.3, 0.4) is 0 Å². The normalized spacial score (nSPS) is 16.0. The van der Waals surface area contributed by atoms with E-state index in [9.17, 15) is 9.59 Å². The third-order valence-electron chi connectivity index (χ3n) is 3.53. The molecule has 108 valence electrons. The number of rotatable bonds is 2. The first-order chi connectivity index (χ1) is 9.52. The van der Waals surface area contributed by atoms with Gasteiger partial charge in [0.15, 0.2) is 0 Å². The summed E-state index contributed by atoms with van der Waals surface area (Å²) in [4.78, 5) is 27.3. The van der Waals surface area contributed by atoms with Crippen molar-refractivity contribution in [2.24, 2.45) is 0 Å². The first-order valence-corrected chi connectivity index (χ1v) is 6.63. The standard InChI is InChI=1S/C14H20N4O2/c1-16-14(20)10-4-5-11(15)12(8-10)18-7-3-6-17(2)13(19)9-18/h4-5,8H,3,6-7,9,15H2,1-2H3,(H,16,20). The Balaban J connectivity index is 2.31. The van der Waals surface area contributed by atoms with Crippen LogP contribution in [-0.2, 0) is 4.79 Å². The summed E-state index contributed by atoms with van der Waals surface area (Å²) in [5.41, 5.74) is 7.86. The predicted molar refractivity (Wildman–Crippen MR) is 78.7 cm³/mol. The first-order valence-electron chi connectivity index (χ1n) is 6.63. The second kappa shape index (κ2) is 5.81. The van der Waals surface area contributed by atoms with Crippen molar-refractivity contribution >= 4 is 23.2 Å². The van der Waals surface area contributed by atoms with Crippen molar-refractivity contribution in [1.29, 1.82) is 0 Å². The van der Waals surface area contributed by atoms with Gasteiger partial charge < -0.3 is 20.9 Å². The number of carbonyl (C=O) groups excluding carboxylic acids is 2. The third kappa shape index (κ3) is 2.84. The van der Waals surface area contributed by atoms with Crippen LogP contribution in [0.2, 0.25) is 0 Å². The summed E-state index contributed by atoms with van der Waals surface area (Å²) < 4.78 is 0. The van der Waals surface area contributed by atoms with E-state index in [1.807, 2.05) is 4.90 Å². The summed E-state index contributed by atoms with van der Waals surface area (Å²) in [6.45, 7) is 1.78. The number of nitrogens with one attached hydrogen (secondary N) is 1. The number of nitrogens with two attached hydrogens (primary N) is 1. The van der Waals surface area contributed by atoms with E-state index in [2.05, 4.69) is 5.32 Å². The lowest BCUT2D eigenvalue weighted by molar-refractivity contribution is -0.127. The predicted octanol–water partition coefficient (Wildman–Crippen LogP) is 0.297. The molecule has 1 fully saturated rings. The average molecular weight is 276 g/mol. The average Bonchev–Trinajstić information content (AvgIpc) is 2.61. The van der Waals surface area contributed by atoms with Crippen LogP contribution in [0.5, 0.6) is 0 Å². The van der Waals surface area contributed by atoms with E-state index < -0.39 is 0 Å². The minimum atomic E-state index is -0.162. The van der Waals surface area contributed by atoms with Crippen LogP contribution in [0, 0.1) is 0 Å². The number of carbonyl (C=O) groups is 2. The maximum absolute atomic E-state index is 11.9. The van der Waals surface area contributed by atoms with E-state index in [0.717, 1.165) is 25.2 Å². The summed E-state index contributed by atoms with van der Waals surface area (Å²) in [5, 5.41) is 2.59. The maximum Gasteiger partial charge on any atom is 0.251 e. The van der Waals surface area contributed by atoms with Crippen LogP contribution < -0.4 is 16.0 Å². The molecule has 1 aliphatic heterocycles. The summed E-state index contributed by atoms with van der Waals surface area (Å²) in [5.74, 6) is -0.100. The van der Waals surface area contributed by atoms with Crippen molar-refractivity contribution in [2.75, 3.05) is 44.4 Å². The molecule has 6 heteroatoms. The monoisotopic (exact) mass is 276 g/mol. The Morgan fingerprint density at radius 3 is 2.80 bits per heavy atom. The molecule has 2 rings (SSSR count). The molecule has 1 heterocycles. The Morgan fingerprint density at radius 2 is 2.10 bits per heavy atom. The van der Waals surface area contributed by atoms with Gasteiger partial charge in [-0.05, 0) is 24.6 Å². The second-order valence-electron chi connectivity index (χ2n) is 4.94. The highest BCUT2D eigenvalue weighted by atomic mass is 16.2. The number of nitrogens with zero attached hydrogens (tertiary/aromatic N) is 2. The zero-order valence-corrected chi connectivity index (χ0v) is 11.8. The molecule has 1 aliphatic rings. The van der Waals surface area contributed by atoms with Crippen LogP contribution in [0.15, 0.2) is 18.2 Å². The maximum atomic E-state index is 11.9. The number of nitrogen functional groups attached to an aromatic ring is 1. The number of hydrogen-bond acceptors (Lipinski definition) is 4. The van der Waals surface area contributed by atoms with Crippen LogP contribution in [0.1, 0.15) is 16.8 Å². The Morgan fingerprint density at radius 1 is 1.35 bits per heavy atom. The Hall–Kier alpha value is -2.24. The summed E-state index contributed by atoms with van der Waals surface area (Å²) >= 11 is 0. The number of anilines is 2. The highest BCUT2D eigenvalue weighted by Gasteiger charge is 2.21. The van der Waals surface area contributed by atoms with E-state index in [4.69, 9.17) is 5.73 Å². The van der Waals surface area contributed by atoms with Crippen LogP contribution in [0.25, 0.3) is 0 Å². The number of benzene rings is 1. The molecule has 0 bridgehead atoms. The Bertz CT molecular complexity index is 530. The minimum Gasteiger partial charge on any atom is -0.397 e. The highest BCUT2D eigenvalue weighted by molar-refractivity contribution is 5.96. The van der Waals surface area contributed by atoms with Crippen molar-refractivity contribution in [3.05, 3.63) is 23.8 Å². The van der Waals surface area contributed by atoms with Crippen molar-refractivity contribution in [1.82, 2.24) is 10.2 Å². The van der Waals surface area contributed by atoms with Gasteiger partial charge in [0.1, 0.15) is 0 Å². The van der Waals surface area contributed by atoms with E-state index in [-0.39, 0.29) is 18.4 Å². The van der Waals surface area contributed by atoms with Gasteiger partial charge >= 0.3 is 0 Å². The van der Waals surface area contributed by atoms with Gasteiger partial charge in [-0.1, -0.05) is 0 Å². The summed E-state index contributed by atoms with van der Waals surface area (Å²) in [6, 6.07) is 5.13. The highest BCUT2D eigenvalue weighted by Crippen LogP contribution is 2.26. The molecule has 1 aromatic rings. The molecule has 1 aromatic carbocycles. The number of amides is 2. The molecule has 0 radical (unpaired) electrons. The molecule has 0 spiro atoms. The van der Waals surface area contributed by atoms with Gasteiger partial charge in [0, 0.05) is 32.7 Å². The van der Waals surface area contributed by atoms with E-state index in [1.165, 1.54) is 0 Å². The Labute approximate surface area is 118 Å². The van der Waals surface area contributed by atoms with Gasteiger partial charge in [-0.2, -0.15) is 0 Å². The third-order valence-corrected chi connectivity index (χ3v) is 3.53. The zero-order chi connectivity index (χ0) is 14.7. The van der Waals surface area contributed by atoms with Crippen LogP contribution >= 0.6 is 0 Å². The van der Waals surface area contributed by atoms with Gasteiger partial charge in [-0.3, -0.25) is 9.59 Å². The fraction of sp³-hybridized carbons (Fsp3) is 0.429. The van der Waals surface area contributed by atoms with Gasteiger partial charge in [0.2, 0.25) is 5.91 Å². The topological polar surface area (TPSA) is 78.7 Å². The lowest BCUT2D eigenvalue weighted by Crippen LogP contribution is -2.34. The van der Waals surface area contributed by atoms with Crippen LogP contribution in [0.4, 0.5) is 11.4 Å². The fourth-order valence-electron chi connectivity index (χ4n) is 2.30. The van der Waals surface area contributed by atoms with Gasteiger partial charge in [-0.15, -0.1) is 0 Å². The van der Waals surface area contributed by atoms with Gasteiger partial charge in [0.25, 0.3) is 5.91 Å². The zero-order valence-electron chi connectivity index (χ0n) is 11.8. The number of hydrogen-bond donors (Lipinski definition) is 2. The SMILES string of the molecule is CNC(=O)c1ccc(N)c(N2CCCN(C)C(=O)C2)c1. The van der Waals surface area contributed by atoms with E-state index in [0.29, 0.717) is 11.3 Å². The van der Waals surface area contributed by atoms with Crippen molar-refractivity contribution in [3.63, 3.8) is 0 Å². The molecule has 0 atom stereocenters. The lowest BCUT2D eigenvalue weighted by Gasteiger charge is -2.24. The largest absolute Gasteiger partial charge is 0.397 e. The molecule has 0 saturated carbocycles. The lowest BCUT2D eigenvalue weighted by atomic mass is 10.1. The molecular weight excluding hydrogens is 256 g/mol. The molecule has 20 heavy (non-hydrogen) atoms. The molecule has 6 nitrogen and oxygen atoms in total. The molecule has 0 unspecified atom stereocenters. The number of likely N-dealkylation sites (N-methyl/N-ethyl adjacent to an activating group) is 1. The quantitative estimate of drug-likeness (QED) is 0.761. The van der Waals surface area contributed by atoms with E-state index in [1.54, 1.807) is 37.2 Å². The van der Waals surface area contributed by atoms with Crippen molar-refractivity contribution in [3.8, 4) is 0 Å². The molecule has 3 N–H and O–H groups in total. The smallest absolute Gasteiger partial charge is 0.251 e. The molecule has 2 amide bonds. The Kier molecular flexibility index (Phi) is 4.12. The fourth-order valence-corrected chi connectivity index (χ4v) is 2.30. The molecule has 0 aliphatic carbocycles. The summed E-state index contributed by atoms with van der Waals surface area (Å²) in [6.07, 6.45) is 0.881. The van der Waals surface area contributed by atoms with Crippen molar-refractivity contribution in [2.45, 2.75) is 6.42 Å². The minimum absolute atomic E-state index is 0.0623. The molecule has 0 aromatic heterocycles. The van der Waals surface area contributed by atoms with Crippen LogP contribution in [-0.4, -0.2) is 50.4 Å². The van der Waals surface area contributed by atoms with Gasteiger partial charge in [-0.25, -0.2) is 0 Å². The van der Waals surface area contributed by atoms with Crippen molar-refractivity contribution < 1.29 is 9.59 Å². The molecule has 1 saturated heterocycles. The van der Waals surface area contributed by atoms with Gasteiger partial charge in [0.05, 0.1) is 17.9 Å². The molecular formula is C14H20N4O2. The summed E-state index contributed by atoms with van der Waals surface area (Å²) in [7, 11) is 3.39. The van der Waals surface area contributed by atoms with E-state index >= 15 is 0 Å². The first kappa shape index (κ1) is 14.2. The second-order valence-corrected chi connectivity index (χ2v) is 4.94.